The summed E-state index contributed by atoms with van der Waals surface area (Å²) in [7, 11) is -4.07. The van der Waals surface area contributed by atoms with Gasteiger partial charge in [-0.1, -0.05) is 41.4 Å². The number of sulfonamides is 1. The average molecular weight is 664 g/mol. The van der Waals surface area contributed by atoms with Gasteiger partial charge in [-0.05, 0) is 75.9 Å². The third kappa shape index (κ3) is 7.39. The largest absolute Gasteiger partial charge is 0.487 e. The van der Waals surface area contributed by atoms with Gasteiger partial charge in [0, 0.05) is 34.8 Å². The second kappa shape index (κ2) is 14.6. The topological polar surface area (TPSA) is 101 Å². The number of nitrogens with zero attached hydrogens (tertiary/aromatic N) is 2. The normalized spacial score (nSPS) is 18.0. The summed E-state index contributed by atoms with van der Waals surface area (Å²) in [5, 5.41) is 7.50. The SMILES string of the molecule is Cc1ccc2cccc(OCc3c(Cl)ccc(S(=O)(=O)N4CCC[C@H]4C(=O)NCC4CCNCC4)c3Cl)c2n1.Cl.Cl. The third-order valence-corrected chi connectivity index (χ3v) is 10.3. The molecule has 1 amide bonds. The molecule has 1 aromatic heterocycles. The fraction of sp³-hybridized carbons (Fsp3) is 0.429. The lowest BCUT2D eigenvalue weighted by Crippen LogP contribution is -2.47. The molecule has 0 aliphatic carbocycles. The van der Waals surface area contributed by atoms with Crippen molar-refractivity contribution >= 4 is 74.8 Å². The maximum absolute atomic E-state index is 13.8. The van der Waals surface area contributed by atoms with Crippen molar-refractivity contribution in [3.8, 4) is 5.75 Å². The highest BCUT2D eigenvalue weighted by molar-refractivity contribution is 7.89. The van der Waals surface area contributed by atoms with Crippen molar-refractivity contribution in [1.82, 2.24) is 19.9 Å². The molecule has 2 aliphatic rings. The van der Waals surface area contributed by atoms with Crippen molar-refractivity contribution in [2.24, 2.45) is 5.92 Å². The van der Waals surface area contributed by atoms with E-state index in [1.54, 1.807) is 6.07 Å². The summed E-state index contributed by atoms with van der Waals surface area (Å²) in [5.74, 6) is 0.680. The van der Waals surface area contributed by atoms with Crippen LogP contribution in [0.1, 0.15) is 36.9 Å². The molecule has 8 nitrogen and oxygen atoms in total. The minimum Gasteiger partial charge on any atom is -0.487 e. The molecular formula is C28H34Cl4N4O4S. The first kappa shape index (κ1) is 33.6. The molecule has 2 aliphatic heterocycles. The molecule has 0 spiro atoms. The van der Waals surface area contributed by atoms with E-state index in [0.717, 1.165) is 37.0 Å². The number of carbonyl (C=O) groups excluding carboxylic acids is 1. The molecule has 2 N–H and O–H groups in total. The molecule has 3 aromatic rings. The van der Waals surface area contributed by atoms with Crippen LogP contribution in [0.15, 0.2) is 47.4 Å². The Hall–Kier alpha value is -1.85. The van der Waals surface area contributed by atoms with Crippen LogP contribution >= 0.6 is 48.0 Å². The lowest BCUT2D eigenvalue weighted by molar-refractivity contribution is -0.124. The summed E-state index contributed by atoms with van der Waals surface area (Å²) in [4.78, 5) is 17.6. The zero-order valence-corrected chi connectivity index (χ0v) is 26.5. The number of ether oxygens (including phenoxy) is 1. The Labute approximate surface area is 263 Å². The van der Waals surface area contributed by atoms with Crippen LogP contribution in [0.5, 0.6) is 5.75 Å². The quantitative estimate of drug-likeness (QED) is 0.328. The molecule has 13 heteroatoms. The van der Waals surface area contributed by atoms with Crippen LogP contribution in [0.3, 0.4) is 0 Å². The van der Waals surface area contributed by atoms with Crippen molar-refractivity contribution in [2.75, 3.05) is 26.2 Å². The lowest BCUT2D eigenvalue weighted by atomic mass is 9.98. The molecule has 2 fully saturated rings. The zero-order valence-electron chi connectivity index (χ0n) is 22.6. The summed E-state index contributed by atoms with van der Waals surface area (Å²) in [6, 6.07) is 11.6. The fourth-order valence-corrected chi connectivity index (χ4v) is 7.78. The zero-order chi connectivity index (χ0) is 27.6. The van der Waals surface area contributed by atoms with Crippen LogP contribution in [-0.2, 0) is 21.4 Å². The Bertz CT molecular complexity index is 1490. The molecule has 2 saturated heterocycles. The van der Waals surface area contributed by atoms with Crippen LogP contribution in [-0.4, -0.2) is 55.8 Å². The Balaban J connectivity index is 0.00000231. The van der Waals surface area contributed by atoms with Crippen molar-refractivity contribution in [1.29, 1.82) is 0 Å². The molecule has 0 bridgehead atoms. The van der Waals surface area contributed by atoms with E-state index in [2.05, 4.69) is 15.6 Å². The predicted octanol–water partition coefficient (Wildman–Crippen LogP) is 5.54. The minimum absolute atomic E-state index is 0. The van der Waals surface area contributed by atoms with Crippen LogP contribution in [0.25, 0.3) is 10.9 Å². The number of hydrogen-bond donors (Lipinski definition) is 2. The maximum Gasteiger partial charge on any atom is 0.245 e. The van der Waals surface area contributed by atoms with Crippen molar-refractivity contribution in [3.63, 3.8) is 0 Å². The van der Waals surface area contributed by atoms with Gasteiger partial charge in [0.25, 0.3) is 0 Å². The second-order valence-corrected chi connectivity index (χ2v) is 12.8. The molecule has 41 heavy (non-hydrogen) atoms. The van der Waals surface area contributed by atoms with Gasteiger partial charge in [-0.3, -0.25) is 4.79 Å². The number of nitrogens with one attached hydrogen (secondary N) is 2. The molecular weight excluding hydrogens is 630 g/mol. The molecule has 0 radical (unpaired) electrons. The van der Waals surface area contributed by atoms with Crippen LogP contribution in [0.2, 0.25) is 10.0 Å². The minimum atomic E-state index is -4.07. The number of pyridine rings is 1. The molecule has 2 aromatic carbocycles. The highest BCUT2D eigenvalue weighted by atomic mass is 35.5. The molecule has 5 rings (SSSR count). The first-order valence-corrected chi connectivity index (χ1v) is 15.4. The van der Waals surface area contributed by atoms with Crippen LogP contribution in [0, 0.1) is 12.8 Å². The highest BCUT2D eigenvalue weighted by Crippen LogP contribution is 2.36. The second-order valence-electron chi connectivity index (χ2n) is 10.1. The van der Waals surface area contributed by atoms with Crippen molar-refractivity contribution < 1.29 is 17.9 Å². The van der Waals surface area contributed by atoms with E-state index >= 15 is 0 Å². The fourth-order valence-electron chi connectivity index (χ4n) is 5.26. The number of benzene rings is 2. The lowest BCUT2D eigenvalue weighted by Gasteiger charge is -2.26. The van der Waals surface area contributed by atoms with E-state index < -0.39 is 16.1 Å². The number of piperidine rings is 1. The van der Waals surface area contributed by atoms with Gasteiger partial charge in [0.15, 0.2) is 0 Å². The van der Waals surface area contributed by atoms with Gasteiger partial charge in [0.2, 0.25) is 15.9 Å². The monoisotopic (exact) mass is 662 g/mol. The number of aryl methyl sites for hydroxylation is 1. The first-order chi connectivity index (χ1) is 18.8. The van der Waals surface area contributed by atoms with E-state index in [4.69, 9.17) is 27.9 Å². The average Bonchev–Trinajstić information content (AvgIpc) is 3.43. The Kier molecular flexibility index (Phi) is 11.9. The number of para-hydroxylation sites is 1. The Morgan fingerprint density at radius 3 is 2.61 bits per heavy atom. The molecule has 0 unspecified atom stereocenters. The van der Waals surface area contributed by atoms with E-state index in [9.17, 15) is 13.2 Å². The Morgan fingerprint density at radius 2 is 1.85 bits per heavy atom. The van der Waals surface area contributed by atoms with E-state index in [-0.39, 0.29) is 53.8 Å². The van der Waals surface area contributed by atoms with Gasteiger partial charge in [-0.25, -0.2) is 13.4 Å². The summed E-state index contributed by atoms with van der Waals surface area (Å²) >= 11 is 13.1. The molecule has 224 valence electrons. The number of hydrogen-bond acceptors (Lipinski definition) is 6. The van der Waals surface area contributed by atoms with Crippen LogP contribution < -0.4 is 15.4 Å². The Morgan fingerprint density at radius 1 is 1.10 bits per heavy atom. The molecule has 3 heterocycles. The third-order valence-electron chi connectivity index (χ3n) is 7.46. The number of aromatic nitrogens is 1. The summed E-state index contributed by atoms with van der Waals surface area (Å²) < 4.78 is 34.9. The number of rotatable bonds is 8. The van der Waals surface area contributed by atoms with Gasteiger partial charge in [0.05, 0.1) is 5.02 Å². The standard InChI is InChI=1S/C28H32Cl2N4O4S.2ClH/c1-18-7-8-20-4-2-6-24(27(20)33-18)38-17-21-22(29)9-10-25(26(21)30)39(36,37)34-15-3-5-23(34)28(35)32-16-19-11-13-31-14-12-19;;/h2,4,6-10,19,23,31H,3,5,11-17H2,1H3,(H,32,35);2*1H/t23-;;/m0../s1. The van der Waals surface area contributed by atoms with Gasteiger partial charge in [-0.15, -0.1) is 24.8 Å². The van der Waals surface area contributed by atoms with E-state index in [0.29, 0.717) is 47.2 Å². The summed E-state index contributed by atoms with van der Waals surface area (Å²) in [6.45, 7) is 4.52. The first-order valence-electron chi connectivity index (χ1n) is 13.2. The number of fused-ring (bicyclic) bond motifs is 1. The summed E-state index contributed by atoms with van der Waals surface area (Å²) in [5.41, 5.74) is 1.90. The van der Waals surface area contributed by atoms with Gasteiger partial charge >= 0.3 is 0 Å². The number of amides is 1. The smallest absolute Gasteiger partial charge is 0.245 e. The number of halogens is 4. The maximum atomic E-state index is 13.8. The van der Waals surface area contributed by atoms with Crippen molar-refractivity contribution in [2.45, 2.75) is 50.2 Å². The molecule has 0 saturated carbocycles. The van der Waals surface area contributed by atoms with Crippen molar-refractivity contribution in [3.05, 3.63) is 63.8 Å². The van der Waals surface area contributed by atoms with Gasteiger partial charge in [-0.2, -0.15) is 4.31 Å². The molecule has 1 atom stereocenters. The highest BCUT2D eigenvalue weighted by Gasteiger charge is 2.40. The number of carbonyl (C=O) groups is 1. The van der Waals surface area contributed by atoms with Gasteiger partial charge in [0.1, 0.15) is 28.8 Å². The predicted molar refractivity (Wildman–Crippen MR) is 167 cm³/mol. The van der Waals surface area contributed by atoms with E-state index in [1.807, 2.05) is 31.2 Å². The van der Waals surface area contributed by atoms with Gasteiger partial charge < -0.3 is 15.4 Å². The van der Waals surface area contributed by atoms with E-state index in [1.165, 1.54) is 16.4 Å². The van der Waals surface area contributed by atoms with Crippen LogP contribution in [0.4, 0.5) is 0 Å². The summed E-state index contributed by atoms with van der Waals surface area (Å²) in [6.07, 6.45) is 3.05.